The SMILES string of the molecule is N#C[C@@H](c1ccccc1)c1ccc(NS(=O)(=O)c2ccc(F)cc2)cc1Cl. The second-order valence-electron chi connectivity index (χ2n) is 5.77. The highest BCUT2D eigenvalue weighted by molar-refractivity contribution is 7.92. The van der Waals surface area contributed by atoms with Gasteiger partial charge in [-0.05, 0) is 47.5 Å². The maximum absolute atomic E-state index is 13.0. The summed E-state index contributed by atoms with van der Waals surface area (Å²) in [7, 11) is -3.88. The van der Waals surface area contributed by atoms with E-state index in [2.05, 4.69) is 10.8 Å². The molecule has 136 valence electrons. The van der Waals surface area contributed by atoms with Crippen LogP contribution >= 0.6 is 11.6 Å². The van der Waals surface area contributed by atoms with E-state index < -0.39 is 21.8 Å². The van der Waals surface area contributed by atoms with E-state index in [9.17, 15) is 18.1 Å². The van der Waals surface area contributed by atoms with Gasteiger partial charge in [0.15, 0.2) is 0 Å². The van der Waals surface area contributed by atoms with E-state index in [4.69, 9.17) is 11.6 Å². The van der Waals surface area contributed by atoms with Gasteiger partial charge in [-0.3, -0.25) is 4.72 Å². The van der Waals surface area contributed by atoms with Crippen LogP contribution in [0.2, 0.25) is 5.02 Å². The van der Waals surface area contributed by atoms with E-state index in [1.807, 2.05) is 30.3 Å². The molecular weight excluding hydrogens is 387 g/mol. The number of hydrogen-bond donors (Lipinski definition) is 1. The standard InChI is InChI=1S/C20H14ClFN2O2S/c21-20-12-16(24-27(25,26)17-9-6-15(22)7-10-17)8-11-18(20)19(13-23)14-4-2-1-3-5-14/h1-12,19,24H/t19-/m0/s1. The Morgan fingerprint density at radius 1 is 1.00 bits per heavy atom. The van der Waals surface area contributed by atoms with Gasteiger partial charge >= 0.3 is 0 Å². The number of nitrogens with one attached hydrogen (secondary N) is 1. The molecule has 0 saturated heterocycles. The Hall–Kier alpha value is -2.88. The highest BCUT2D eigenvalue weighted by Crippen LogP contribution is 2.32. The molecule has 0 bridgehead atoms. The zero-order valence-electron chi connectivity index (χ0n) is 13.9. The number of halogens is 2. The number of benzene rings is 3. The minimum atomic E-state index is -3.88. The zero-order valence-corrected chi connectivity index (χ0v) is 15.5. The molecule has 27 heavy (non-hydrogen) atoms. The van der Waals surface area contributed by atoms with Gasteiger partial charge in [0, 0.05) is 5.02 Å². The van der Waals surface area contributed by atoms with E-state index in [1.165, 1.54) is 24.3 Å². The molecule has 1 N–H and O–H groups in total. The van der Waals surface area contributed by atoms with Gasteiger partial charge in [-0.2, -0.15) is 5.26 Å². The maximum Gasteiger partial charge on any atom is 0.261 e. The van der Waals surface area contributed by atoms with Crippen LogP contribution in [0, 0.1) is 17.1 Å². The van der Waals surface area contributed by atoms with Gasteiger partial charge in [0.1, 0.15) is 5.82 Å². The van der Waals surface area contributed by atoms with E-state index in [-0.39, 0.29) is 15.6 Å². The normalized spacial score (nSPS) is 12.2. The van der Waals surface area contributed by atoms with Crippen LogP contribution in [0.5, 0.6) is 0 Å². The molecule has 3 rings (SSSR count). The van der Waals surface area contributed by atoms with Crippen LogP contribution < -0.4 is 4.72 Å². The topological polar surface area (TPSA) is 70.0 Å². The third-order valence-corrected chi connectivity index (χ3v) is 5.67. The van der Waals surface area contributed by atoms with Crippen molar-refractivity contribution in [1.29, 1.82) is 5.26 Å². The maximum atomic E-state index is 13.0. The summed E-state index contributed by atoms with van der Waals surface area (Å²) in [6.07, 6.45) is 0. The predicted molar refractivity (Wildman–Crippen MR) is 103 cm³/mol. The second kappa shape index (κ2) is 7.78. The van der Waals surface area contributed by atoms with Gasteiger partial charge in [0.05, 0.1) is 22.6 Å². The summed E-state index contributed by atoms with van der Waals surface area (Å²) >= 11 is 6.31. The fraction of sp³-hybridized carbons (Fsp3) is 0.0500. The Labute approximate surface area is 161 Å². The first-order valence-corrected chi connectivity index (χ1v) is 9.79. The van der Waals surface area contributed by atoms with Crippen LogP contribution in [0.4, 0.5) is 10.1 Å². The smallest absolute Gasteiger partial charge is 0.261 e. The molecule has 1 atom stereocenters. The Morgan fingerprint density at radius 3 is 2.26 bits per heavy atom. The Balaban J connectivity index is 1.89. The van der Waals surface area contributed by atoms with Gasteiger partial charge in [0.25, 0.3) is 10.0 Å². The first kappa shape index (κ1) is 18.9. The van der Waals surface area contributed by atoms with Crippen LogP contribution in [-0.4, -0.2) is 8.42 Å². The van der Waals surface area contributed by atoms with Crippen molar-refractivity contribution in [3.8, 4) is 6.07 Å². The molecule has 0 aliphatic rings. The number of nitrogens with zero attached hydrogens (tertiary/aromatic N) is 1. The lowest BCUT2D eigenvalue weighted by Gasteiger charge is -2.14. The van der Waals surface area contributed by atoms with Gasteiger partial charge in [-0.25, -0.2) is 12.8 Å². The molecule has 0 unspecified atom stereocenters. The van der Waals surface area contributed by atoms with Gasteiger partial charge in [-0.1, -0.05) is 48.0 Å². The van der Waals surface area contributed by atoms with E-state index in [1.54, 1.807) is 6.07 Å². The summed E-state index contributed by atoms with van der Waals surface area (Å²) in [6.45, 7) is 0. The molecular formula is C20H14ClFN2O2S. The third-order valence-electron chi connectivity index (χ3n) is 3.95. The number of hydrogen-bond acceptors (Lipinski definition) is 3. The first-order chi connectivity index (χ1) is 12.9. The summed E-state index contributed by atoms with van der Waals surface area (Å²) in [6, 6.07) is 20.5. The fourth-order valence-corrected chi connectivity index (χ4v) is 3.96. The lowest BCUT2D eigenvalue weighted by atomic mass is 9.92. The van der Waals surface area contributed by atoms with Gasteiger partial charge in [0.2, 0.25) is 0 Å². The Bertz CT molecular complexity index is 1100. The number of anilines is 1. The minimum Gasteiger partial charge on any atom is -0.280 e. The largest absolute Gasteiger partial charge is 0.280 e. The molecule has 0 aliphatic carbocycles. The van der Waals surface area contributed by atoms with E-state index in [0.717, 1.165) is 17.7 Å². The van der Waals surface area contributed by atoms with Crippen molar-refractivity contribution in [3.05, 3.63) is 94.8 Å². The first-order valence-electron chi connectivity index (χ1n) is 7.93. The average molecular weight is 401 g/mol. The van der Waals surface area contributed by atoms with E-state index in [0.29, 0.717) is 5.56 Å². The minimum absolute atomic E-state index is 0.0664. The van der Waals surface area contributed by atoms with E-state index >= 15 is 0 Å². The van der Waals surface area contributed by atoms with Crippen molar-refractivity contribution in [2.24, 2.45) is 0 Å². The van der Waals surface area contributed by atoms with Crippen LogP contribution in [0.1, 0.15) is 17.0 Å². The van der Waals surface area contributed by atoms with Crippen molar-refractivity contribution >= 4 is 27.3 Å². The van der Waals surface area contributed by atoms with Crippen molar-refractivity contribution in [2.75, 3.05) is 4.72 Å². The van der Waals surface area contributed by atoms with Crippen molar-refractivity contribution in [3.63, 3.8) is 0 Å². The summed E-state index contributed by atoms with van der Waals surface area (Å²) in [4.78, 5) is -0.0664. The second-order valence-corrected chi connectivity index (χ2v) is 7.86. The highest BCUT2D eigenvalue weighted by atomic mass is 35.5. The van der Waals surface area contributed by atoms with Gasteiger partial charge in [-0.15, -0.1) is 0 Å². The fourth-order valence-electron chi connectivity index (χ4n) is 2.62. The van der Waals surface area contributed by atoms with Crippen molar-refractivity contribution < 1.29 is 12.8 Å². The lowest BCUT2D eigenvalue weighted by molar-refractivity contribution is 0.599. The third kappa shape index (κ3) is 4.27. The van der Waals surface area contributed by atoms with Gasteiger partial charge < -0.3 is 0 Å². The lowest BCUT2D eigenvalue weighted by Crippen LogP contribution is -2.13. The number of nitriles is 1. The van der Waals surface area contributed by atoms with Crippen molar-refractivity contribution in [1.82, 2.24) is 0 Å². The molecule has 0 spiro atoms. The van der Waals surface area contributed by atoms with Crippen LogP contribution in [-0.2, 0) is 10.0 Å². The molecule has 0 amide bonds. The molecule has 7 heteroatoms. The molecule has 0 aromatic heterocycles. The molecule has 4 nitrogen and oxygen atoms in total. The summed E-state index contributed by atoms with van der Waals surface area (Å²) < 4.78 is 40.2. The van der Waals surface area contributed by atoms with Crippen molar-refractivity contribution in [2.45, 2.75) is 10.8 Å². The average Bonchev–Trinajstić information content (AvgIpc) is 2.65. The zero-order chi connectivity index (χ0) is 19.4. The summed E-state index contributed by atoms with van der Waals surface area (Å²) in [5.74, 6) is -1.09. The van der Waals surface area contributed by atoms with Crippen LogP contribution in [0.15, 0.2) is 77.7 Å². The molecule has 0 heterocycles. The molecule has 3 aromatic carbocycles. The predicted octanol–water partition coefficient (Wildman–Crippen LogP) is 4.94. The molecule has 0 aliphatic heterocycles. The quantitative estimate of drug-likeness (QED) is 0.659. The molecule has 0 radical (unpaired) electrons. The Kier molecular flexibility index (Phi) is 5.45. The number of sulfonamides is 1. The monoisotopic (exact) mass is 400 g/mol. The van der Waals surface area contributed by atoms with Crippen LogP contribution in [0.25, 0.3) is 0 Å². The molecule has 0 saturated carbocycles. The molecule has 0 fully saturated rings. The number of rotatable bonds is 5. The summed E-state index contributed by atoms with van der Waals surface area (Å²) in [5.41, 5.74) is 1.62. The Morgan fingerprint density at radius 2 is 1.67 bits per heavy atom. The highest BCUT2D eigenvalue weighted by Gasteiger charge is 2.19. The summed E-state index contributed by atoms with van der Waals surface area (Å²) in [5, 5.41) is 9.80. The van der Waals surface area contributed by atoms with Crippen LogP contribution in [0.3, 0.4) is 0 Å². The molecule has 3 aromatic rings.